The number of anilines is 3. The molecule has 2 aromatic rings. The number of H-pyrrole nitrogens is 1. The van der Waals surface area contributed by atoms with Crippen molar-refractivity contribution in [2.24, 2.45) is 0 Å². The minimum Gasteiger partial charge on any atom is -0.480 e. The Morgan fingerprint density at radius 2 is 2.11 bits per heavy atom. The van der Waals surface area contributed by atoms with E-state index in [1.54, 1.807) is 19.1 Å². The molecule has 1 aromatic carbocycles. The van der Waals surface area contributed by atoms with Crippen LogP contribution in [-0.2, 0) is 4.79 Å². The third-order valence-electron chi connectivity index (χ3n) is 2.49. The van der Waals surface area contributed by atoms with Crippen LogP contribution in [0, 0.1) is 0 Å². The molecule has 18 heavy (non-hydrogen) atoms. The molecular formula is C11H13N5O2. The molecule has 0 aliphatic heterocycles. The van der Waals surface area contributed by atoms with E-state index in [4.69, 9.17) is 10.8 Å². The van der Waals surface area contributed by atoms with Gasteiger partial charge in [0.1, 0.15) is 6.04 Å². The van der Waals surface area contributed by atoms with Crippen LogP contribution in [0.25, 0.3) is 0 Å². The van der Waals surface area contributed by atoms with Gasteiger partial charge >= 0.3 is 5.97 Å². The summed E-state index contributed by atoms with van der Waals surface area (Å²) in [7, 11) is 0. The highest BCUT2D eigenvalue weighted by Crippen LogP contribution is 2.24. The van der Waals surface area contributed by atoms with Crippen molar-refractivity contribution in [2.45, 2.75) is 13.0 Å². The molecule has 0 saturated carbocycles. The monoisotopic (exact) mass is 247 g/mol. The number of nitrogens with one attached hydrogen (secondary N) is 1. The Bertz CT molecular complexity index is 539. The van der Waals surface area contributed by atoms with Gasteiger partial charge in [0.2, 0.25) is 5.95 Å². The van der Waals surface area contributed by atoms with Crippen LogP contribution in [0.3, 0.4) is 0 Å². The van der Waals surface area contributed by atoms with Crippen LogP contribution in [-0.4, -0.2) is 32.3 Å². The van der Waals surface area contributed by atoms with Crippen molar-refractivity contribution in [3.63, 3.8) is 0 Å². The number of nitrogens with two attached hydrogens (primary N) is 1. The van der Waals surface area contributed by atoms with E-state index < -0.39 is 12.0 Å². The Labute approximate surface area is 103 Å². The number of aliphatic carboxylic acids is 1. The predicted molar refractivity (Wildman–Crippen MR) is 66.5 cm³/mol. The summed E-state index contributed by atoms with van der Waals surface area (Å²) < 4.78 is 0. The summed E-state index contributed by atoms with van der Waals surface area (Å²) >= 11 is 0. The number of para-hydroxylation sites is 1. The van der Waals surface area contributed by atoms with Gasteiger partial charge in [-0.25, -0.2) is 9.89 Å². The molecule has 0 spiro atoms. The zero-order valence-electron chi connectivity index (χ0n) is 9.74. The van der Waals surface area contributed by atoms with Crippen LogP contribution in [0.1, 0.15) is 6.92 Å². The van der Waals surface area contributed by atoms with E-state index in [1.807, 2.05) is 18.2 Å². The van der Waals surface area contributed by atoms with Gasteiger partial charge in [-0.3, -0.25) is 4.90 Å². The van der Waals surface area contributed by atoms with Gasteiger partial charge in [0, 0.05) is 5.69 Å². The van der Waals surface area contributed by atoms with Crippen LogP contribution in [0.2, 0.25) is 0 Å². The van der Waals surface area contributed by atoms with Gasteiger partial charge in [0.05, 0.1) is 0 Å². The summed E-state index contributed by atoms with van der Waals surface area (Å²) in [5.41, 5.74) is 6.15. The quantitative estimate of drug-likeness (QED) is 0.743. The number of nitrogens with zero attached hydrogens (tertiary/aromatic N) is 3. The van der Waals surface area contributed by atoms with Crippen LogP contribution >= 0.6 is 0 Å². The summed E-state index contributed by atoms with van der Waals surface area (Å²) in [5, 5.41) is 15.5. The molecule has 94 valence electrons. The molecule has 0 amide bonds. The fourth-order valence-electron chi connectivity index (χ4n) is 1.58. The zero-order chi connectivity index (χ0) is 13.1. The van der Waals surface area contributed by atoms with Gasteiger partial charge in [0.25, 0.3) is 5.95 Å². The van der Waals surface area contributed by atoms with E-state index in [0.717, 1.165) is 0 Å². The fraction of sp³-hybridized carbons (Fsp3) is 0.182. The predicted octanol–water partition coefficient (Wildman–Crippen LogP) is 0.998. The minimum atomic E-state index is -0.970. The molecule has 4 N–H and O–H groups in total. The normalized spacial score (nSPS) is 12.1. The summed E-state index contributed by atoms with van der Waals surface area (Å²) in [6, 6.07) is 8.24. The molecule has 0 aliphatic rings. The maximum Gasteiger partial charge on any atom is 0.326 e. The number of hydrogen-bond donors (Lipinski definition) is 3. The Kier molecular flexibility index (Phi) is 3.13. The average Bonchev–Trinajstić information content (AvgIpc) is 2.77. The Balaban J connectivity index is 2.44. The standard InChI is InChI=1S/C11H13N5O2/c1-7(9(17)18)16(8-5-3-2-4-6-8)11-13-10(12)14-15-11/h2-7H,1H3,(H,17,18)(H3,12,13,14,15)/t7-/m0/s1. The summed E-state index contributed by atoms with van der Waals surface area (Å²) in [6.45, 7) is 1.56. The van der Waals surface area contributed by atoms with Gasteiger partial charge < -0.3 is 10.8 Å². The molecule has 7 heteroatoms. The largest absolute Gasteiger partial charge is 0.480 e. The molecule has 0 saturated heterocycles. The number of carboxylic acids is 1. The van der Waals surface area contributed by atoms with Gasteiger partial charge in [-0.05, 0) is 19.1 Å². The second kappa shape index (κ2) is 4.74. The molecule has 0 bridgehead atoms. The summed E-state index contributed by atoms with van der Waals surface area (Å²) in [5.74, 6) is -0.598. The van der Waals surface area contributed by atoms with Crippen molar-refractivity contribution in [2.75, 3.05) is 10.6 Å². The van der Waals surface area contributed by atoms with Crippen molar-refractivity contribution < 1.29 is 9.90 Å². The maximum absolute atomic E-state index is 11.2. The lowest BCUT2D eigenvalue weighted by atomic mass is 10.2. The lowest BCUT2D eigenvalue weighted by Crippen LogP contribution is -2.36. The highest BCUT2D eigenvalue weighted by atomic mass is 16.4. The fourth-order valence-corrected chi connectivity index (χ4v) is 1.58. The maximum atomic E-state index is 11.2. The van der Waals surface area contributed by atoms with E-state index in [9.17, 15) is 4.79 Å². The number of aromatic nitrogens is 3. The molecule has 0 fully saturated rings. The van der Waals surface area contributed by atoms with Crippen LogP contribution < -0.4 is 10.6 Å². The molecular weight excluding hydrogens is 234 g/mol. The number of rotatable bonds is 4. The zero-order valence-corrected chi connectivity index (χ0v) is 9.74. The average molecular weight is 247 g/mol. The van der Waals surface area contributed by atoms with Crippen LogP contribution in [0.4, 0.5) is 17.6 Å². The highest BCUT2D eigenvalue weighted by Gasteiger charge is 2.25. The smallest absolute Gasteiger partial charge is 0.326 e. The minimum absolute atomic E-state index is 0.142. The molecule has 1 heterocycles. The molecule has 1 atom stereocenters. The number of carboxylic acid groups (broad SMARTS) is 1. The summed E-state index contributed by atoms with van der Waals surface area (Å²) in [6.07, 6.45) is 0. The van der Waals surface area contributed by atoms with Gasteiger partial charge in [-0.2, -0.15) is 4.98 Å². The van der Waals surface area contributed by atoms with E-state index >= 15 is 0 Å². The number of hydrogen-bond acceptors (Lipinski definition) is 5. The van der Waals surface area contributed by atoms with E-state index in [0.29, 0.717) is 5.69 Å². The molecule has 0 aliphatic carbocycles. The van der Waals surface area contributed by atoms with Crippen molar-refractivity contribution in [1.29, 1.82) is 0 Å². The topological polar surface area (TPSA) is 108 Å². The van der Waals surface area contributed by atoms with E-state index in [2.05, 4.69) is 15.2 Å². The Hall–Kier alpha value is -2.57. The summed E-state index contributed by atoms with van der Waals surface area (Å²) in [4.78, 5) is 16.6. The molecule has 1 aromatic heterocycles. The first-order chi connectivity index (χ1) is 8.59. The number of carbonyl (C=O) groups is 1. The van der Waals surface area contributed by atoms with E-state index in [1.165, 1.54) is 4.90 Å². The molecule has 0 radical (unpaired) electrons. The van der Waals surface area contributed by atoms with Gasteiger partial charge in [0.15, 0.2) is 0 Å². The van der Waals surface area contributed by atoms with Crippen molar-refractivity contribution in [3.8, 4) is 0 Å². The van der Waals surface area contributed by atoms with Crippen LogP contribution in [0.5, 0.6) is 0 Å². The number of benzene rings is 1. The molecule has 0 unspecified atom stereocenters. The van der Waals surface area contributed by atoms with Gasteiger partial charge in [-0.15, -0.1) is 5.10 Å². The SMILES string of the molecule is C[C@@H](C(=O)O)N(c1ccccc1)c1n[nH]c(N)n1. The van der Waals surface area contributed by atoms with E-state index in [-0.39, 0.29) is 11.9 Å². The lowest BCUT2D eigenvalue weighted by molar-refractivity contribution is -0.138. The van der Waals surface area contributed by atoms with Crippen LogP contribution in [0.15, 0.2) is 30.3 Å². The Morgan fingerprint density at radius 3 is 2.61 bits per heavy atom. The molecule has 7 nitrogen and oxygen atoms in total. The number of aromatic amines is 1. The molecule has 2 rings (SSSR count). The first-order valence-electron chi connectivity index (χ1n) is 5.34. The third kappa shape index (κ3) is 2.24. The lowest BCUT2D eigenvalue weighted by Gasteiger charge is -2.24. The van der Waals surface area contributed by atoms with Crippen molar-refractivity contribution in [3.05, 3.63) is 30.3 Å². The number of nitrogen functional groups attached to an aromatic ring is 1. The van der Waals surface area contributed by atoms with Crippen molar-refractivity contribution >= 4 is 23.6 Å². The van der Waals surface area contributed by atoms with Gasteiger partial charge in [-0.1, -0.05) is 18.2 Å². The second-order valence-corrected chi connectivity index (χ2v) is 3.74. The first-order valence-corrected chi connectivity index (χ1v) is 5.34. The Morgan fingerprint density at radius 1 is 1.44 bits per heavy atom. The third-order valence-corrected chi connectivity index (χ3v) is 2.49. The second-order valence-electron chi connectivity index (χ2n) is 3.74. The highest BCUT2D eigenvalue weighted by molar-refractivity contribution is 5.80. The first kappa shape index (κ1) is 11.9. The van der Waals surface area contributed by atoms with Crippen molar-refractivity contribution in [1.82, 2.24) is 15.2 Å².